The number of carbonyl (C=O) groups is 1. The molecule has 1 heterocycles. The molecule has 0 aromatic heterocycles. The van der Waals surface area contributed by atoms with Gasteiger partial charge in [0.2, 0.25) is 10.0 Å². The van der Waals surface area contributed by atoms with E-state index in [2.05, 4.69) is 0 Å². The third-order valence-electron chi connectivity index (χ3n) is 3.02. The summed E-state index contributed by atoms with van der Waals surface area (Å²) >= 11 is 0. The minimum absolute atomic E-state index is 0.214. The topological polar surface area (TPSA) is 74.7 Å². The second kappa shape index (κ2) is 4.37. The van der Waals surface area contributed by atoms with E-state index in [4.69, 9.17) is 5.11 Å². The standard InChI is InChI=1S/C12H15NO4S/c1-8(2)13-10(7-12(14)15)9-5-3-4-6-11(9)18(13,16)17/h3-6,8,10H,7H2,1-2H3,(H,14,15)/t10-/m0/s1. The lowest BCUT2D eigenvalue weighted by atomic mass is 10.0. The van der Waals surface area contributed by atoms with Gasteiger partial charge in [0.15, 0.2) is 0 Å². The zero-order valence-electron chi connectivity index (χ0n) is 10.2. The normalized spacial score (nSPS) is 22.1. The molecule has 18 heavy (non-hydrogen) atoms. The summed E-state index contributed by atoms with van der Waals surface area (Å²) in [4.78, 5) is 11.1. The molecular weight excluding hydrogens is 254 g/mol. The van der Waals surface area contributed by atoms with Gasteiger partial charge in [0, 0.05) is 6.04 Å². The van der Waals surface area contributed by atoms with Crippen LogP contribution in [-0.4, -0.2) is 29.8 Å². The number of carboxylic acid groups (broad SMARTS) is 1. The summed E-state index contributed by atoms with van der Waals surface area (Å²) < 4.78 is 26.0. The summed E-state index contributed by atoms with van der Waals surface area (Å²) in [5.74, 6) is -1.00. The molecule has 1 aliphatic rings. The first-order chi connectivity index (χ1) is 8.35. The van der Waals surface area contributed by atoms with E-state index in [-0.39, 0.29) is 17.4 Å². The number of sulfonamides is 1. The third-order valence-corrected chi connectivity index (χ3v) is 5.18. The van der Waals surface area contributed by atoms with Crippen LogP contribution in [0.5, 0.6) is 0 Å². The molecule has 1 aromatic rings. The van der Waals surface area contributed by atoms with Crippen molar-refractivity contribution < 1.29 is 18.3 Å². The molecule has 0 fully saturated rings. The molecule has 1 N–H and O–H groups in total. The summed E-state index contributed by atoms with van der Waals surface area (Å²) in [5, 5.41) is 8.95. The summed E-state index contributed by atoms with van der Waals surface area (Å²) in [6.45, 7) is 3.50. The highest BCUT2D eigenvalue weighted by atomic mass is 32.2. The van der Waals surface area contributed by atoms with Gasteiger partial charge in [0.1, 0.15) is 0 Å². The van der Waals surface area contributed by atoms with Gasteiger partial charge in [-0.3, -0.25) is 4.79 Å². The van der Waals surface area contributed by atoms with Gasteiger partial charge in [-0.25, -0.2) is 8.42 Å². The second-order valence-corrected chi connectivity index (χ2v) is 6.39. The van der Waals surface area contributed by atoms with Crippen molar-refractivity contribution >= 4 is 16.0 Å². The molecule has 5 nitrogen and oxygen atoms in total. The highest BCUT2D eigenvalue weighted by Crippen LogP contribution is 2.42. The van der Waals surface area contributed by atoms with Crippen LogP contribution in [0.3, 0.4) is 0 Å². The largest absolute Gasteiger partial charge is 0.481 e. The molecule has 0 aliphatic carbocycles. The summed E-state index contributed by atoms with van der Waals surface area (Å²) in [6, 6.07) is 5.71. The van der Waals surface area contributed by atoms with Crippen molar-refractivity contribution in [2.75, 3.05) is 0 Å². The van der Waals surface area contributed by atoms with Gasteiger partial charge in [-0.2, -0.15) is 4.31 Å². The van der Waals surface area contributed by atoms with Crippen LogP contribution in [-0.2, 0) is 14.8 Å². The molecule has 0 bridgehead atoms. The van der Waals surface area contributed by atoms with Crippen LogP contribution in [0.4, 0.5) is 0 Å². The van der Waals surface area contributed by atoms with E-state index in [9.17, 15) is 13.2 Å². The van der Waals surface area contributed by atoms with Gasteiger partial charge in [-0.05, 0) is 25.5 Å². The molecule has 1 aliphatic heterocycles. The van der Waals surface area contributed by atoms with Gasteiger partial charge in [-0.1, -0.05) is 18.2 Å². The minimum Gasteiger partial charge on any atom is -0.481 e. The fourth-order valence-corrected chi connectivity index (χ4v) is 4.47. The van der Waals surface area contributed by atoms with Gasteiger partial charge in [0.25, 0.3) is 0 Å². The molecule has 0 saturated carbocycles. The number of carboxylic acids is 1. The Morgan fingerprint density at radius 3 is 2.56 bits per heavy atom. The number of hydrogen-bond acceptors (Lipinski definition) is 3. The van der Waals surface area contributed by atoms with E-state index in [1.807, 2.05) is 0 Å². The average molecular weight is 269 g/mol. The maximum absolute atomic E-state index is 12.4. The van der Waals surface area contributed by atoms with Crippen LogP contribution < -0.4 is 0 Å². The molecule has 0 radical (unpaired) electrons. The first-order valence-corrected chi connectivity index (χ1v) is 7.14. The van der Waals surface area contributed by atoms with Crippen molar-refractivity contribution in [3.8, 4) is 0 Å². The lowest BCUT2D eigenvalue weighted by molar-refractivity contribution is -0.138. The van der Waals surface area contributed by atoms with Crippen LogP contribution in [0.15, 0.2) is 29.2 Å². The Labute approximate surface area is 106 Å². The predicted octanol–water partition coefficient (Wildman–Crippen LogP) is 1.62. The average Bonchev–Trinajstić information content (AvgIpc) is 2.47. The van der Waals surface area contributed by atoms with E-state index >= 15 is 0 Å². The Morgan fingerprint density at radius 1 is 1.39 bits per heavy atom. The second-order valence-electron chi connectivity index (χ2n) is 4.58. The van der Waals surface area contributed by atoms with E-state index < -0.39 is 22.0 Å². The van der Waals surface area contributed by atoms with Crippen molar-refractivity contribution in [2.45, 2.75) is 37.2 Å². The number of hydrogen-bond donors (Lipinski definition) is 1. The Morgan fingerprint density at radius 2 is 2.00 bits per heavy atom. The summed E-state index contributed by atoms with van der Waals surface area (Å²) in [5.41, 5.74) is 0.577. The SMILES string of the molecule is CC(C)N1[C@@H](CC(=O)O)c2ccccc2S1(=O)=O. The van der Waals surface area contributed by atoms with Crippen LogP contribution in [0.2, 0.25) is 0 Å². The Kier molecular flexibility index (Phi) is 3.16. The molecule has 1 atom stereocenters. The maximum atomic E-state index is 12.4. The number of benzene rings is 1. The molecular formula is C12H15NO4S. The van der Waals surface area contributed by atoms with Gasteiger partial charge < -0.3 is 5.11 Å². The van der Waals surface area contributed by atoms with Crippen molar-refractivity contribution in [2.24, 2.45) is 0 Å². The van der Waals surface area contributed by atoms with E-state index in [0.29, 0.717) is 5.56 Å². The highest BCUT2D eigenvalue weighted by Gasteiger charge is 2.44. The number of aliphatic carboxylic acids is 1. The molecule has 0 amide bonds. The van der Waals surface area contributed by atoms with E-state index in [1.54, 1.807) is 32.0 Å². The quantitative estimate of drug-likeness (QED) is 0.904. The molecule has 0 saturated heterocycles. The highest BCUT2D eigenvalue weighted by molar-refractivity contribution is 7.89. The van der Waals surface area contributed by atoms with Crippen molar-refractivity contribution in [3.63, 3.8) is 0 Å². The zero-order chi connectivity index (χ0) is 13.5. The summed E-state index contributed by atoms with van der Waals surface area (Å²) in [6.07, 6.45) is -0.214. The molecule has 0 unspecified atom stereocenters. The van der Waals surface area contributed by atoms with Crippen LogP contribution in [0.1, 0.15) is 31.9 Å². The van der Waals surface area contributed by atoms with Crippen molar-refractivity contribution in [1.29, 1.82) is 0 Å². The molecule has 2 rings (SSSR count). The van der Waals surface area contributed by atoms with Crippen LogP contribution in [0.25, 0.3) is 0 Å². The maximum Gasteiger partial charge on any atom is 0.305 e. The van der Waals surface area contributed by atoms with E-state index in [0.717, 1.165) is 0 Å². The van der Waals surface area contributed by atoms with Gasteiger partial charge >= 0.3 is 5.97 Å². The monoisotopic (exact) mass is 269 g/mol. The Hall–Kier alpha value is -1.40. The molecule has 1 aromatic carbocycles. The lowest BCUT2D eigenvalue weighted by Gasteiger charge is -2.25. The first kappa shape index (κ1) is 13.0. The number of rotatable bonds is 3. The fourth-order valence-electron chi connectivity index (χ4n) is 2.41. The first-order valence-electron chi connectivity index (χ1n) is 5.70. The predicted molar refractivity (Wildman–Crippen MR) is 65.6 cm³/mol. The summed E-state index contributed by atoms with van der Waals surface area (Å²) in [7, 11) is -3.57. The van der Waals surface area contributed by atoms with Crippen LogP contribution in [0, 0.1) is 0 Å². The van der Waals surface area contributed by atoms with Crippen LogP contribution >= 0.6 is 0 Å². The van der Waals surface area contributed by atoms with Crippen molar-refractivity contribution in [1.82, 2.24) is 4.31 Å². The number of fused-ring (bicyclic) bond motifs is 1. The molecule has 6 heteroatoms. The fraction of sp³-hybridized carbons (Fsp3) is 0.417. The van der Waals surface area contributed by atoms with Gasteiger partial charge in [0.05, 0.1) is 17.4 Å². The number of nitrogens with zero attached hydrogens (tertiary/aromatic N) is 1. The molecule has 0 spiro atoms. The Bertz CT molecular complexity index is 579. The van der Waals surface area contributed by atoms with Crippen molar-refractivity contribution in [3.05, 3.63) is 29.8 Å². The zero-order valence-corrected chi connectivity index (χ0v) is 11.0. The third kappa shape index (κ3) is 1.91. The smallest absolute Gasteiger partial charge is 0.305 e. The lowest BCUT2D eigenvalue weighted by Crippen LogP contribution is -2.35. The van der Waals surface area contributed by atoms with Gasteiger partial charge in [-0.15, -0.1) is 0 Å². The van der Waals surface area contributed by atoms with E-state index in [1.165, 1.54) is 10.4 Å². The Balaban J connectivity index is 2.60. The molecule has 98 valence electrons. The minimum atomic E-state index is -3.57.